The topological polar surface area (TPSA) is 55.9 Å². The highest BCUT2D eigenvalue weighted by Crippen LogP contribution is 2.35. The summed E-state index contributed by atoms with van der Waals surface area (Å²) < 4.78 is 0. The summed E-state index contributed by atoms with van der Waals surface area (Å²) in [6.07, 6.45) is 1.78. The summed E-state index contributed by atoms with van der Waals surface area (Å²) in [6.45, 7) is 7.24. The van der Waals surface area contributed by atoms with Gasteiger partial charge in [0.1, 0.15) is 0 Å². The molecule has 4 rings (SSSR count). The van der Waals surface area contributed by atoms with Crippen molar-refractivity contribution in [2.75, 3.05) is 46.8 Å². The first-order chi connectivity index (χ1) is 15.9. The van der Waals surface area contributed by atoms with Crippen molar-refractivity contribution in [2.45, 2.75) is 32.4 Å². The number of piperazine rings is 1. The quantitative estimate of drug-likeness (QED) is 0.764. The molecule has 1 atom stereocenters. The molecule has 2 aliphatic rings. The molecule has 0 unspecified atom stereocenters. The van der Waals surface area contributed by atoms with E-state index in [0.29, 0.717) is 12.1 Å². The van der Waals surface area contributed by atoms with E-state index >= 15 is 0 Å². The van der Waals surface area contributed by atoms with E-state index in [2.05, 4.69) is 64.3 Å². The number of nitrogens with one attached hydrogen (secondary N) is 1. The first kappa shape index (κ1) is 23.5. The van der Waals surface area contributed by atoms with Gasteiger partial charge >= 0.3 is 0 Å². The van der Waals surface area contributed by atoms with E-state index in [4.69, 9.17) is 0 Å². The van der Waals surface area contributed by atoms with Crippen molar-refractivity contribution in [1.29, 1.82) is 0 Å². The molecule has 2 saturated heterocycles. The van der Waals surface area contributed by atoms with Gasteiger partial charge in [-0.2, -0.15) is 0 Å². The highest BCUT2D eigenvalue weighted by atomic mass is 16.2. The first-order valence-electron chi connectivity index (χ1n) is 12.0. The lowest BCUT2D eigenvalue weighted by molar-refractivity contribution is -0.147. The molecule has 2 aromatic carbocycles. The Morgan fingerprint density at radius 2 is 1.73 bits per heavy atom. The summed E-state index contributed by atoms with van der Waals surface area (Å²) >= 11 is 0. The highest BCUT2D eigenvalue weighted by Gasteiger charge is 2.41. The standard InChI is InChI=1S/C27H36N4O2/c1-27(12-14-30(15-13-27)19-21-8-5-4-6-9-21)26(33)31-17-16-29(3)24(20-31)22-10-7-11-23(18-22)25(32)28-2/h4-11,18,24H,12-17,19-20H2,1-3H3,(H,28,32)/t24-/m0/s1. The zero-order chi connectivity index (χ0) is 23.4. The number of carbonyl (C=O) groups excluding carboxylic acids is 2. The maximum Gasteiger partial charge on any atom is 0.251 e. The van der Waals surface area contributed by atoms with Gasteiger partial charge in [0.2, 0.25) is 5.91 Å². The van der Waals surface area contributed by atoms with Crippen LogP contribution in [0.25, 0.3) is 0 Å². The van der Waals surface area contributed by atoms with Gasteiger partial charge in [-0.3, -0.25) is 19.4 Å². The second-order valence-corrected chi connectivity index (χ2v) is 9.77. The van der Waals surface area contributed by atoms with Gasteiger partial charge < -0.3 is 10.2 Å². The molecule has 1 N–H and O–H groups in total. The van der Waals surface area contributed by atoms with E-state index in [1.165, 1.54) is 5.56 Å². The largest absolute Gasteiger partial charge is 0.355 e. The van der Waals surface area contributed by atoms with Crippen LogP contribution in [0.5, 0.6) is 0 Å². The molecule has 0 saturated carbocycles. The van der Waals surface area contributed by atoms with Gasteiger partial charge in [0.15, 0.2) is 0 Å². The predicted octanol–water partition coefficient (Wildman–Crippen LogP) is 3.16. The Bertz CT molecular complexity index is 969. The number of nitrogens with zero attached hydrogens (tertiary/aromatic N) is 3. The second-order valence-electron chi connectivity index (χ2n) is 9.77. The summed E-state index contributed by atoms with van der Waals surface area (Å²) in [5.74, 6) is 0.195. The van der Waals surface area contributed by atoms with Crippen LogP contribution in [0.2, 0.25) is 0 Å². The van der Waals surface area contributed by atoms with Crippen molar-refractivity contribution in [3.05, 3.63) is 71.3 Å². The van der Waals surface area contributed by atoms with Crippen LogP contribution in [-0.2, 0) is 11.3 Å². The van der Waals surface area contributed by atoms with Gasteiger partial charge in [0.05, 0.1) is 6.04 Å². The molecular weight excluding hydrogens is 412 g/mol. The van der Waals surface area contributed by atoms with E-state index in [9.17, 15) is 9.59 Å². The van der Waals surface area contributed by atoms with Crippen molar-refractivity contribution in [1.82, 2.24) is 20.0 Å². The average Bonchev–Trinajstić information content (AvgIpc) is 2.85. The van der Waals surface area contributed by atoms with Crippen LogP contribution >= 0.6 is 0 Å². The van der Waals surface area contributed by atoms with Crippen molar-refractivity contribution in [3.8, 4) is 0 Å². The third kappa shape index (κ3) is 5.28. The molecule has 33 heavy (non-hydrogen) atoms. The maximum absolute atomic E-state index is 13.7. The van der Waals surface area contributed by atoms with E-state index < -0.39 is 0 Å². The monoisotopic (exact) mass is 448 g/mol. The molecule has 176 valence electrons. The Kier molecular flexibility index (Phi) is 7.15. The summed E-state index contributed by atoms with van der Waals surface area (Å²) in [5.41, 5.74) is 2.76. The molecule has 2 aromatic rings. The van der Waals surface area contributed by atoms with Crippen LogP contribution in [0, 0.1) is 5.41 Å². The maximum atomic E-state index is 13.7. The third-order valence-corrected chi connectivity index (χ3v) is 7.42. The number of likely N-dealkylation sites (tertiary alicyclic amines) is 1. The van der Waals surface area contributed by atoms with Crippen LogP contribution in [0.4, 0.5) is 0 Å². The van der Waals surface area contributed by atoms with Crippen molar-refractivity contribution < 1.29 is 9.59 Å². The van der Waals surface area contributed by atoms with Crippen LogP contribution in [0.3, 0.4) is 0 Å². The SMILES string of the molecule is CNC(=O)c1cccc([C@@H]2CN(C(=O)C3(C)CCN(Cc4ccccc4)CC3)CCN2C)c1. The Labute approximate surface area is 197 Å². The summed E-state index contributed by atoms with van der Waals surface area (Å²) in [5, 5.41) is 2.70. The zero-order valence-corrected chi connectivity index (χ0v) is 20.1. The van der Waals surface area contributed by atoms with E-state index in [-0.39, 0.29) is 23.3 Å². The molecule has 0 spiro atoms. The molecule has 0 aliphatic carbocycles. The molecule has 6 heteroatoms. The summed E-state index contributed by atoms with van der Waals surface area (Å²) in [6, 6.07) is 18.4. The van der Waals surface area contributed by atoms with E-state index in [1.807, 2.05) is 24.3 Å². The third-order valence-electron chi connectivity index (χ3n) is 7.42. The lowest BCUT2D eigenvalue weighted by Gasteiger charge is -2.45. The van der Waals surface area contributed by atoms with Gasteiger partial charge in [0.25, 0.3) is 5.91 Å². The predicted molar refractivity (Wildman–Crippen MR) is 131 cm³/mol. The lowest BCUT2D eigenvalue weighted by Crippen LogP contribution is -2.55. The Morgan fingerprint density at radius 1 is 1.00 bits per heavy atom. The highest BCUT2D eigenvalue weighted by molar-refractivity contribution is 5.94. The van der Waals surface area contributed by atoms with Crippen LogP contribution < -0.4 is 5.32 Å². The van der Waals surface area contributed by atoms with Gasteiger partial charge in [-0.1, -0.05) is 49.4 Å². The van der Waals surface area contributed by atoms with Crippen molar-refractivity contribution in [3.63, 3.8) is 0 Å². The van der Waals surface area contributed by atoms with Gasteiger partial charge in [-0.15, -0.1) is 0 Å². The molecule has 2 heterocycles. The first-order valence-corrected chi connectivity index (χ1v) is 12.0. The molecule has 0 radical (unpaired) electrons. The van der Waals surface area contributed by atoms with Gasteiger partial charge in [-0.05, 0) is 56.2 Å². The Morgan fingerprint density at radius 3 is 2.42 bits per heavy atom. The fraction of sp³-hybridized carbons (Fsp3) is 0.481. The molecule has 2 fully saturated rings. The molecular formula is C27H36N4O2. The number of hydrogen-bond donors (Lipinski definition) is 1. The van der Waals surface area contributed by atoms with E-state index in [1.54, 1.807) is 7.05 Å². The number of amides is 2. The molecule has 2 aliphatic heterocycles. The summed E-state index contributed by atoms with van der Waals surface area (Å²) in [4.78, 5) is 32.6. The number of benzene rings is 2. The number of piperidine rings is 1. The molecule has 2 amide bonds. The van der Waals surface area contributed by atoms with Gasteiger partial charge in [0, 0.05) is 44.2 Å². The second kappa shape index (κ2) is 10.1. The Hall–Kier alpha value is -2.70. The van der Waals surface area contributed by atoms with E-state index in [0.717, 1.165) is 51.1 Å². The zero-order valence-electron chi connectivity index (χ0n) is 20.1. The van der Waals surface area contributed by atoms with Crippen molar-refractivity contribution >= 4 is 11.8 Å². The number of likely N-dealkylation sites (N-methyl/N-ethyl adjacent to an activating group) is 1. The van der Waals surface area contributed by atoms with Gasteiger partial charge in [-0.25, -0.2) is 0 Å². The normalized spacial score (nSPS) is 21.5. The molecule has 0 bridgehead atoms. The van der Waals surface area contributed by atoms with Crippen molar-refractivity contribution in [2.24, 2.45) is 5.41 Å². The fourth-order valence-corrected chi connectivity index (χ4v) is 5.09. The average molecular weight is 449 g/mol. The van der Waals surface area contributed by atoms with Crippen LogP contribution in [-0.4, -0.2) is 73.3 Å². The summed E-state index contributed by atoms with van der Waals surface area (Å²) in [7, 11) is 3.75. The Balaban J connectivity index is 1.40. The molecule has 0 aromatic heterocycles. The van der Waals surface area contributed by atoms with Crippen LogP contribution in [0.15, 0.2) is 54.6 Å². The minimum atomic E-state index is -0.308. The number of carbonyl (C=O) groups is 2. The smallest absolute Gasteiger partial charge is 0.251 e. The lowest BCUT2D eigenvalue weighted by atomic mass is 9.78. The number of hydrogen-bond acceptors (Lipinski definition) is 4. The minimum absolute atomic E-state index is 0.0852. The molecule has 6 nitrogen and oxygen atoms in total. The number of rotatable bonds is 5. The minimum Gasteiger partial charge on any atom is -0.355 e. The van der Waals surface area contributed by atoms with Crippen LogP contribution in [0.1, 0.15) is 47.3 Å². The fourth-order valence-electron chi connectivity index (χ4n) is 5.09.